The zero-order chi connectivity index (χ0) is 16.1. The van der Waals surface area contributed by atoms with Gasteiger partial charge in [-0.25, -0.2) is 9.98 Å². The Morgan fingerprint density at radius 1 is 1.38 bits per heavy atom. The summed E-state index contributed by atoms with van der Waals surface area (Å²) in [4.78, 5) is 13.7. The number of hydrogen-bond donors (Lipinski definition) is 1. The highest BCUT2D eigenvalue weighted by atomic mass is 127. The molecule has 2 fully saturated rings. The highest BCUT2D eigenvalue weighted by Crippen LogP contribution is 2.20. The SMILES string of the molecule is CC1CCCN(C(N)=NCc2cccnc2N2CCOCC2)C1.I. The van der Waals surface area contributed by atoms with Gasteiger partial charge in [0.25, 0.3) is 0 Å². The van der Waals surface area contributed by atoms with Crippen molar-refractivity contribution in [1.29, 1.82) is 0 Å². The van der Waals surface area contributed by atoms with Gasteiger partial charge >= 0.3 is 0 Å². The molecular weight excluding hydrogens is 417 g/mol. The topological polar surface area (TPSA) is 67.0 Å². The summed E-state index contributed by atoms with van der Waals surface area (Å²) in [5.41, 5.74) is 7.34. The molecule has 6 nitrogen and oxygen atoms in total. The fourth-order valence-electron chi connectivity index (χ4n) is 3.28. The molecule has 0 spiro atoms. The molecule has 1 atom stereocenters. The Bertz CT molecular complexity index is 548. The van der Waals surface area contributed by atoms with E-state index in [0.717, 1.165) is 50.8 Å². The summed E-state index contributed by atoms with van der Waals surface area (Å²) in [7, 11) is 0. The standard InChI is InChI=1S/C17H27N5O.HI/c1-14-4-3-7-22(13-14)17(18)20-12-15-5-2-6-19-16(15)21-8-10-23-11-9-21;/h2,5-6,14H,3-4,7-13H2,1H3,(H2,18,20);1H. The highest BCUT2D eigenvalue weighted by Gasteiger charge is 2.18. The van der Waals surface area contributed by atoms with Crippen molar-refractivity contribution in [3.8, 4) is 0 Å². The number of aromatic nitrogens is 1. The van der Waals surface area contributed by atoms with Crippen molar-refractivity contribution in [2.45, 2.75) is 26.3 Å². The van der Waals surface area contributed by atoms with Crippen LogP contribution in [0.5, 0.6) is 0 Å². The number of pyridine rings is 1. The number of hydrogen-bond acceptors (Lipinski definition) is 4. The van der Waals surface area contributed by atoms with Gasteiger partial charge in [0.05, 0.1) is 19.8 Å². The monoisotopic (exact) mass is 445 g/mol. The normalized spacial score (nSPS) is 22.2. The third-order valence-corrected chi connectivity index (χ3v) is 4.57. The number of anilines is 1. The molecular formula is C17H28IN5O. The van der Waals surface area contributed by atoms with E-state index in [-0.39, 0.29) is 24.0 Å². The molecule has 1 aromatic heterocycles. The molecule has 2 aliphatic rings. The molecule has 0 aromatic carbocycles. The van der Waals surface area contributed by atoms with Crippen LogP contribution in [0.15, 0.2) is 23.3 Å². The smallest absolute Gasteiger partial charge is 0.191 e. The zero-order valence-corrected chi connectivity index (χ0v) is 16.7. The van der Waals surface area contributed by atoms with Crippen LogP contribution in [-0.4, -0.2) is 55.2 Å². The van der Waals surface area contributed by atoms with Crippen LogP contribution in [0.25, 0.3) is 0 Å². The molecule has 0 saturated carbocycles. The van der Waals surface area contributed by atoms with Crippen molar-refractivity contribution in [2.24, 2.45) is 16.6 Å². The van der Waals surface area contributed by atoms with Gasteiger partial charge in [-0.15, -0.1) is 24.0 Å². The average molecular weight is 445 g/mol. The van der Waals surface area contributed by atoms with E-state index in [1.807, 2.05) is 12.3 Å². The van der Waals surface area contributed by atoms with Gasteiger partial charge in [-0.2, -0.15) is 0 Å². The van der Waals surface area contributed by atoms with Crippen LogP contribution in [0.4, 0.5) is 5.82 Å². The second-order valence-electron chi connectivity index (χ2n) is 6.45. The van der Waals surface area contributed by atoms with Crippen LogP contribution in [-0.2, 0) is 11.3 Å². The van der Waals surface area contributed by atoms with E-state index in [2.05, 4.69) is 32.8 Å². The summed E-state index contributed by atoms with van der Waals surface area (Å²) in [5, 5.41) is 0. The maximum Gasteiger partial charge on any atom is 0.191 e. The first-order valence-electron chi connectivity index (χ1n) is 8.55. The summed E-state index contributed by atoms with van der Waals surface area (Å²) < 4.78 is 5.42. The van der Waals surface area contributed by atoms with E-state index in [1.165, 1.54) is 12.8 Å². The first-order valence-corrected chi connectivity index (χ1v) is 8.55. The number of nitrogens with zero attached hydrogens (tertiary/aromatic N) is 4. The number of nitrogens with two attached hydrogens (primary N) is 1. The Labute approximate surface area is 161 Å². The summed E-state index contributed by atoms with van der Waals surface area (Å²) in [6.45, 7) is 8.16. The Morgan fingerprint density at radius 3 is 2.92 bits per heavy atom. The summed E-state index contributed by atoms with van der Waals surface area (Å²) >= 11 is 0. The molecule has 2 N–H and O–H groups in total. The van der Waals surface area contributed by atoms with Crippen molar-refractivity contribution in [1.82, 2.24) is 9.88 Å². The zero-order valence-electron chi connectivity index (χ0n) is 14.4. The average Bonchev–Trinajstić information content (AvgIpc) is 2.60. The molecule has 2 saturated heterocycles. The van der Waals surface area contributed by atoms with E-state index < -0.39 is 0 Å². The molecule has 24 heavy (non-hydrogen) atoms. The van der Waals surface area contributed by atoms with E-state index in [1.54, 1.807) is 0 Å². The number of morpholine rings is 1. The van der Waals surface area contributed by atoms with Crippen molar-refractivity contribution in [2.75, 3.05) is 44.3 Å². The number of halogens is 1. The Hall–Kier alpha value is -1.09. The molecule has 0 aliphatic carbocycles. The highest BCUT2D eigenvalue weighted by molar-refractivity contribution is 14.0. The van der Waals surface area contributed by atoms with Crippen LogP contribution in [0.3, 0.4) is 0 Å². The minimum absolute atomic E-state index is 0. The molecule has 0 bridgehead atoms. The summed E-state index contributed by atoms with van der Waals surface area (Å²) in [5.74, 6) is 2.37. The fraction of sp³-hybridized carbons (Fsp3) is 0.647. The third-order valence-electron chi connectivity index (χ3n) is 4.57. The number of guanidine groups is 1. The van der Waals surface area contributed by atoms with E-state index in [4.69, 9.17) is 10.5 Å². The lowest BCUT2D eigenvalue weighted by Crippen LogP contribution is -2.43. The van der Waals surface area contributed by atoms with Crippen molar-refractivity contribution >= 4 is 35.8 Å². The number of ether oxygens (including phenoxy) is 1. The molecule has 3 rings (SSSR count). The summed E-state index contributed by atoms with van der Waals surface area (Å²) in [6, 6.07) is 4.06. The van der Waals surface area contributed by atoms with Crippen molar-refractivity contribution in [3.63, 3.8) is 0 Å². The number of likely N-dealkylation sites (tertiary alicyclic amines) is 1. The maximum atomic E-state index is 6.21. The Kier molecular flexibility index (Phi) is 7.54. The summed E-state index contributed by atoms with van der Waals surface area (Å²) in [6.07, 6.45) is 4.32. The number of rotatable bonds is 3. The van der Waals surface area contributed by atoms with Gasteiger partial charge in [-0.3, -0.25) is 0 Å². The fourth-order valence-corrected chi connectivity index (χ4v) is 3.28. The van der Waals surface area contributed by atoms with Gasteiger partial charge in [0, 0.05) is 37.9 Å². The van der Waals surface area contributed by atoms with Gasteiger partial charge < -0.3 is 20.3 Å². The lowest BCUT2D eigenvalue weighted by Gasteiger charge is -2.32. The van der Waals surface area contributed by atoms with Crippen LogP contribution in [0.2, 0.25) is 0 Å². The molecule has 0 radical (unpaired) electrons. The van der Waals surface area contributed by atoms with Gasteiger partial charge in [-0.05, 0) is 24.8 Å². The van der Waals surface area contributed by atoms with Crippen molar-refractivity contribution in [3.05, 3.63) is 23.9 Å². The van der Waals surface area contributed by atoms with Crippen LogP contribution >= 0.6 is 24.0 Å². The predicted octanol–water partition coefficient (Wildman–Crippen LogP) is 2.08. The van der Waals surface area contributed by atoms with Gasteiger partial charge in [0.15, 0.2) is 5.96 Å². The number of piperidine rings is 1. The van der Waals surface area contributed by atoms with Crippen LogP contribution < -0.4 is 10.6 Å². The minimum atomic E-state index is 0. The molecule has 1 aromatic rings. The van der Waals surface area contributed by atoms with E-state index in [9.17, 15) is 0 Å². The molecule has 0 amide bonds. The second kappa shape index (κ2) is 9.41. The van der Waals surface area contributed by atoms with Crippen LogP contribution in [0, 0.1) is 5.92 Å². The van der Waals surface area contributed by atoms with Gasteiger partial charge in [0.2, 0.25) is 0 Å². The largest absolute Gasteiger partial charge is 0.378 e. The molecule has 2 aliphatic heterocycles. The third kappa shape index (κ3) is 4.95. The molecule has 134 valence electrons. The van der Waals surface area contributed by atoms with E-state index >= 15 is 0 Å². The van der Waals surface area contributed by atoms with Gasteiger partial charge in [0.1, 0.15) is 5.82 Å². The first kappa shape index (κ1) is 19.2. The Morgan fingerprint density at radius 2 is 2.17 bits per heavy atom. The van der Waals surface area contributed by atoms with E-state index in [0.29, 0.717) is 18.4 Å². The maximum absolute atomic E-state index is 6.21. The second-order valence-corrected chi connectivity index (χ2v) is 6.45. The molecule has 3 heterocycles. The van der Waals surface area contributed by atoms with Crippen molar-refractivity contribution < 1.29 is 4.74 Å². The lowest BCUT2D eigenvalue weighted by atomic mass is 10.0. The number of aliphatic imine (C=N–C) groups is 1. The first-order chi connectivity index (χ1) is 11.2. The minimum Gasteiger partial charge on any atom is -0.378 e. The molecule has 1 unspecified atom stereocenters. The Balaban J connectivity index is 0.00000208. The predicted molar refractivity (Wildman–Crippen MR) is 108 cm³/mol. The molecule has 7 heteroatoms. The quantitative estimate of drug-likeness (QED) is 0.439. The van der Waals surface area contributed by atoms with Gasteiger partial charge in [-0.1, -0.05) is 13.0 Å². The lowest BCUT2D eigenvalue weighted by molar-refractivity contribution is 0.122. The van der Waals surface area contributed by atoms with Crippen LogP contribution in [0.1, 0.15) is 25.3 Å².